The van der Waals surface area contributed by atoms with Gasteiger partial charge in [-0.1, -0.05) is 78.7 Å². The number of halogens is 1. The number of fused-ring (bicyclic) bond motifs is 2. The maximum Gasteiger partial charge on any atom is 0.311 e. The molecule has 0 radical (unpaired) electrons. The number of hydrogen-bond donors (Lipinski definition) is 0. The molecule has 0 bridgehead atoms. The molecule has 37 heavy (non-hydrogen) atoms. The van der Waals surface area contributed by atoms with Gasteiger partial charge in [0.15, 0.2) is 0 Å². The van der Waals surface area contributed by atoms with Crippen molar-refractivity contribution in [2.45, 2.75) is 45.3 Å². The van der Waals surface area contributed by atoms with Crippen LogP contribution >= 0.6 is 11.6 Å². The molecule has 2 aromatic rings. The number of carbonyl (C=O) groups is 1. The zero-order valence-corrected chi connectivity index (χ0v) is 22.7. The van der Waals surface area contributed by atoms with Crippen LogP contribution < -0.4 is 0 Å². The normalized spacial score (nSPS) is 31.1. The van der Waals surface area contributed by atoms with E-state index in [1.165, 1.54) is 22.3 Å². The summed E-state index contributed by atoms with van der Waals surface area (Å²) in [6.45, 7) is 9.19. The zero-order valence-electron chi connectivity index (χ0n) is 21.9. The molecule has 2 aliphatic carbocycles. The molecule has 2 fully saturated rings. The summed E-state index contributed by atoms with van der Waals surface area (Å²) in [7, 11) is 0. The molecule has 4 nitrogen and oxygen atoms in total. The van der Waals surface area contributed by atoms with Crippen molar-refractivity contribution in [2.75, 3.05) is 32.7 Å². The van der Waals surface area contributed by atoms with Crippen LogP contribution in [0.5, 0.6) is 0 Å². The molecule has 0 amide bonds. The van der Waals surface area contributed by atoms with Gasteiger partial charge >= 0.3 is 5.97 Å². The molecule has 4 aliphatic rings. The van der Waals surface area contributed by atoms with Crippen molar-refractivity contribution in [3.05, 3.63) is 94.0 Å². The second kappa shape index (κ2) is 10.1. The topological polar surface area (TPSA) is 32.8 Å². The molecule has 0 spiro atoms. The van der Waals surface area contributed by atoms with Crippen LogP contribution in [0.3, 0.4) is 0 Å². The van der Waals surface area contributed by atoms with Crippen LogP contribution in [-0.2, 0) is 9.53 Å². The molecule has 0 unspecified atom stereocenters. The summed E-state index contributed by atoms with van der Waals surface area (Å²) < 4.78 is 6.00. The number of ether oxygens (including phenoxy) is 1. The first-order valence-electron chi connectivity index (χ1n) is 13.8. The minimum atomic E-state index is -0.0653. The molecule has 2 saturated heterocycles. The van der Waals surface area contributed by atoms with E-state index in [0.29, 0.717) is 0 Å². The molecule has 2 aliphatic heterocycles. The van der Waals surface area contributed by atoms with Crippen molar-refractivity contribution in [1.29, 1.82) is 0 Å². The Morgan fingerprint density at radius 1 is 1.03 bits per heavy atom. The van der Waals surface area contributed by atoms with Crippen LogP contribution in [0, 0.1) is 17.3 Å². The Morgan fingerprint density at radius 3 is 2.46 bits per heavy atom. The minimum Gasteiger partial charge on any atom is -0.461 e. The fourth-order valence-corrected chi connectivity index (χ4v) is 7.34. The van der Waals surface area contributed by atoms with Gasteiger partial charge in [0, 0.05) is 43.7 Å². The number of rotatable bonds is 5. The van der Waals surface area contributed by atoms with Gasteiger partial charge in [-0.2, -0.15) is 0 Å². The van der Waals surface area contributed by atoms with E-state index < -0.39 is 0 Å². The summed E-state index contributed by atoms with van der Waals surface area (Å²) in [5.74, 6) is 0.132. The van der Waals surface area contributed by atoms with E-state index in [2.05, 4.69) is 78.3 Å². The van der Waals surface area contributed by atoms with Crippen molar-refractivity contribution in [3.63, 3.8) is 0 Å². The Morgan fingerprint density at radius 2 is 1.73 bits per heavy atom. The van der Waals surface area contributed by atoms with E-state index in [1.54, 1.807) is 0 Å². The second-order valence-electron chi connectivity index (χ2n) is 11.6. The fourth-order valence-electron chi connectivity index (χ4n) is 7.21. The first-order valence-corrected chi connectivity index (χ1v) is 14.2. The van der Waals surface area contributed by atoms with Crippen LogP contribution in [0.1, 0.15) is 50.3 Å². The van der Waals surface area contributed by atoms with E-state index in [4.69, 9.17) is 16.3 Å². The first kappa shape index (κ1) is 24.9. The average Bonchev–Trinajstić information content (AvgIpc) is 3.19. The summed E-state index contributed by atoms with van der Waals surface area (Å²) in [6.07, 6.45) is 8.05. The molecule has 6 rings (SSSR count). The molecule has 0 saturated carbocycles. The number of allylic oxidation sites excluding steroid dienone is 3. The molecule has 2 heterocycles. The molecule has 5 heteroatoms. The molecule has 194 valence electrons. The quantitative estimate of drug-likeness (QED) is 0.438. The summed E-state index contributed by atoms with van der Waals surface area (Å²) >= 11 is 6.20. The summed E-state index contributed by atoms with van der Waals surface area (Å²) in [4.78, 5) is 18.1. The molecule has 5 atom stereocenters. The van der Waals surface area contributed by atoms with E-state index >= 15 is 0 Å². The van der Waals surface area contributed by atoms with Gasteiger partial charge < -0.3 is 4.74 Å². The maximum absolute atomic E-state index is 13.1. The van der Waals surface area contributed by atoms with Crippen LogP contribution in [0.25, 0.3) is 0 Å². The van der Waals surface area contributed by atoms with Crippen molar-refractivity contribution in [2.24, 2.45) is 17.3 Å². The van der Waals surface area contributed by atoms with Crippen molar-refractivity contribution in [3.8, 4) is 0 Å². The average molecular weight is 517 g/mol. The van der Waals surface area contributed by atoms with Gasteiger partial charge in [-0.25, -0.2) is 0 Å². The Hall–Kier alpha value is -2.40. The van der Waals surface area contributed by atoms with E-state index in [9.17, 15) is 4.79 Å². The zero-order chi connectivity index (χ0) is 25.6. The van der Waals surface area contributed by atoms with Gasteiger partial charge in [0.1, 0.15) is 6.10 Å². The number of esters is 1. The second-order valence-corrected chi connectivity index (χ2v) is 12.1. The van der Waals surface area contributed by atoms with Gasteiger partial charge in [-0.05, 0) is 60.4 Å². The highest BCUT2D eigenvalue weighted by Crippen LogP contribution is 2.52. The summed E-state index contributed by atoms with van der Waals surface area (Å²) in [5, 5.41) is 0.763. The van der Waals surface area contributed by atoms with Crippen LogP contribution in [-0.4, -0.2) is 54.6 Å². The SMILES string of the molecule is CC1=CCC[C@]2(C)C[C@H]3OC(=O)[C@H](CN4CCN([C@H](c5ccccc5)c5ccc(Cl)cc5)CC4)[C@H]3C=C12. The van der Waals surface area contributed by atoms with E-state index in [0.717, 1.165) is 57.0 Å². The lowest BCUT2D eigenvalue weighted by atomic mass is 9.62. The lowest BCUT2D eigenvalue weighted by molar-refractivity contribution is -0.145. The van der Waals surface area contributed by atoms with Crippen LogP contribution in [0.15, 0.2) is 77.9 Å². The standard InChI is InChI=1S/C32H37ClN2O2/c1-22-7-6-14-32(2)20-29-26(19-28(22)32)27(31(36)37-29)21-34-15-17-35(18-16-34)30(23-8-4-3-5-9-23)24-10-12-25(33)13-11-24/h3-5,7-13,19,26-27,29-30H,6,14-18,20-21H2,1-2H3/t26-,27-,29-,30-,32-/m1/s1. The minimum absolute atomic E-state index is 0.00138. The predicted octanol–water partition coefficient (Wildman–Crippen LogP) is 6.28. The highest BCUT2D eigenvalue weighted by molar-refractivity contribution is 6.30. The van der Waals surface area contributed by atoms with Gasteiger partial charge in [0.05, 0.1) is 12.0 Å². The highest BCUT2D eigenvalue weighted by atomic mass is 35.5. The van der Waals surface area contributed by atoms with Gasteiger partial charge in [-0.3, -0.25) is 14.6 Å². The number of piperazine rings is 1. The predicted molar refractivity (Wildman–Crippen MR) is 148 cm³/mol. The van der Waals surface area contributed by atoms with Crippen molar-refractivity contribution < 1.29 is 9.53 Å². The number of hydrogen-bond acceptors (Lipinski definition) is 4. The highest BCUT2D eigenvalue weighted by Gasteiger charge is 2.51. The largest absolute Gasteiger partial charge is 0.461 e. The maximum atomic E-state index is 13.1. The Labute approximate surface area is 225 Å². The van der Waals surface area contributed by atoms with E-state index in [1.807, 2.05) is 12.1 Å². The molecule has 0 N–H and O–H groups in total. The van der Waals surface area contributed by atoms with Gasteiger partial charge in [0.2, 0.25) is 0 Å². The summed E-state index contributed by atoms with van der Waals surface area (Å²) in [6, 6.07) is 19.2. The lowest BCUT2D eigenvalue weighted by Crippen LogP contribution is -2.50. The van der Waals surface area contributed by atoms with Gasteiger partial charge in [0.25, 0.3) is 0 Å². The first-order chi connectivity index (χ1) is 17.9. The van der Waals surface area contributed by atoms with Crippen LogP contribution in [0.2, 0.25) is 5.02 Å². The third kappa shape index (κ3) is 4.80. The molecular formula is C32H37ClN2O2. The summed E-state index contributed by atoms with van der Waals surface area (Å²) in [5.41, 5.74) is 5.57. The number of nitrogens with zero attached hydrogens (tertiary/aromatic N) is 2. The van der Waals surface area contributed by atoms with Gasteiger partial charge in [-0.15, -0.1) is 0 Å². The Kier molecular flexibility index (Phi) is 6.77. The fraction of sp³-hybridized carbons (Fsp3) is 0.469. The lowest BCUT2D eigenvalue weighted by Gasteiger charge is -2.43. The molecule has 2 aromatic carbocycles. The molecule has 0 aromatic heterocycles. The number of carbonyl (C=O) groups excluding carboxylic acids is 1. The smallest absolute Gasteiger partial charge is 0.311 e. The third-order valence-corrected chi connectivity index (χ3v) is 9.48. The van der Waals surface area contributed by atoms with E-state index in [-0.39, 0.29) is 35.4 Å². The van der Waals surface area contributed by atoms with Crippen molar-refractivity contribution in [1.82, 2.24) is 9.80 Å². The van der Waals surface area contributed by atoms with Crippen LogP contribution in [0.4, 0.5) is 0 Å². The Balaban J connectivity index is 1.16. The number of benzene rings is 2. The Bertz CT molecular complexity index is 1200. The van der Waals surface area contributed by atoms with Crippen molar-refractivity contribution >= 4 is 17.6 Å². The molecular weight excluding hydrogens is 480 g/mol. The third-order valence-electron chi connectivity index (χ3n) is 9.22. The monoisotopic (exact) mass is 516 g/mol.